The number of aromatic nitrogens is 1. The van der Waals surface area contributed by atoms with Gasteiger partial charge in [0, 0.05) is 5.56 Å². The largest absolute Gasteiger partial charge is 0.497 e. The molecule has 0 fully saturated rings. The number of methoxy groups -OCH3 is 1. The van der Waals surface area contributed by atoms with E-state index >= 15 is 0 Å². The Kier molecular flexibility index (Phi) is 4.10. The fraction of sp³-hybridized carbons (Fsp3) is 0.143. The smallest absolute Gasteiger partial charge is 0.270 e. The third-order valence-corrected chi connectivity index (χ3v) is 2.61. The van der Waals surface area contributed by atoms with E-state index in [1.54, 1.807) is 19.2 Å². The van der Waals surface area contributed by atoms with Gasteiger partial charge in [0.2, 0.25) is 0 Å². The van der Waals surface area contributed by atoms with Crippen LogP contribution in [0.1, 0.15) is 10.5 Å². The van der Waals surface area contributed by atoms with Gasteiger partial charge in [-0.3, -0.25) is 4.79 Å². The molecule has 2 aromatic rings. The van der Waals surface area contributed by atoms with Crippen molar-refractivity contribution in [2.45, 2.75) is 0 Å². The molecule has 0 aliphatic heterocycles. The number of nitrogens with two attached hydrogens (primary N) is 1. The minimum atomic E-state index is -0.285. The van der Waals surface area contributed by atoms with E-state index in [-0.39, 0.29) is 12.6 Å². The Bertz CT molecular complexity index is 584. The van der Waals surface area contributed by atoms with Gasteiger partial charge in [-0.15, -0.1) is 0 Å². The number of ether oxygens (including phenoxy) is 1. The highest BCUT2D eigenvalue weighted by Gasteiger charge is 2.08. The summed E-state index contributed by atoms with van der Waals surface area (Å²) < 4.78 is 5.17. The summed E-state index contributed by atoms with van der Waals surface area (Å²) in [6.45, 7) is 0.0872. The van der Waals surface area contributed by atoms with Gasteiger partial charge in [-0.25, -0.2) is 4.98 Å². The number of pyridine rings is 1. The van der Waals surface area contributed by atoms with E-state index < -0.39 is 0 Å². The molecule has 1 heterocycles. The molecule has 5 nitrogen and oxygen atoms in total. The summed E-state index contributed by atoms with van der Waals surface area (Å²) in [6.07, 6.45) is 0. The van der Waals surface area contributed by atoms with Gasteiger partial charge in [0.05, 0.1) is 19.5 Å². The zero-order chi connectivity index (χ0) is 13.7. The van der Waals surface area contributed by atoms with Crippen LogP contribution in [-0.4, -0.2) is 24.7 Å². The number of amides is 1. The quantitative estimate of drug-likeness (QED) is 0.812. The van der Waals surface area contributed by atoms with E-state index in [0.717, 1.165) is 11.3 Å². The third kappa shape index (κ3) is 3.08. The summed E-state index contributed by atoms with van der Waals surface area (Å²) in [5, 5.41) is 2.51. The number of carbonyl (C=O) groups is 1. The lowest BCUT2D eigenvalue weighted by Crippen LogP contribution is -2.29. The molecule has 1 aromatic carbocycles. The van der Waals surface area contributed by atoms with Crippen LogP contribution >= 0.6 is 0 Å². The Morgan fingerprint density at radius 2 is 2.11 bits per heavy atom. The molecule has 0 atom stereocenters. The van der Waals surface area contributed by atoms with Crippen molar-refractivity contribution in [2.75, 3.05) is 13.8 Å². The second-order valence-electron chi connectivity index (χ2n) is 3.85. The number of hydrogen-bond donors (Lipinski definition) is 2. The number of nitrogens with one attached hydrogen (secondary N) is 1. The molecule has 0 bridgehead atoms. The summed E-state index contributed by atoms with van der Waals surface area (Å²) in [6, 6.07) is 12.8. The first-order chi connectivity index (χ1) is 9.24. The summed E-state index contributed by atoms with van der Waals surface area (Å²) in [5.41, 5.74) is 7.22. The van der Waals surface area contributed by atoms with Crippen molar-refractivity contribution in [3.63, 3.8) is 0 Å². The van der Waals surface area contributed by atoms with Crippen molar-refractivity contribution in [2.24, 2.45) is 5.73 Å². The summed E-state index contributed by atoms with van der Waals surface area (Å²) in [4.78, 5) is 16.0. The topological polar surface area (TPSA) is 77.2 Å². The molecule has 2 rings (SSSR count). The first-order valence-electron chi connectivity index (χ1n) is 5.84. The van der Waals surface area contributed by atoms with Crippen LogP contribution in [0.5, 0.6) is 5.75 Å². The third-order valence-electron chi connectivity index (χ3n) is 2.61. The molecule has 0 radical (unpaired) electrons. The minimum absolute atomic E-state index is 0.0872. The molecule has 98 valence electrons. The highest BCUT2D eigenvalue weighted by Crippen LogP contribution is 2.22. The van der Waals surface area contributed by atoms with Gasteiger partial charge in [-0.1, -0.05) is 18.2 Å². The molecule has 1 aromatic heterocycles. The van der Waals surface area contributed by atoms with E-state index in [2.05, 4.69) is 10.3 Å². The summed E-state index contributed by atoms with van der Waals surface area (Å²) in [7, 11) is 1.61. The highest BCUT2D eigenvalue weighted by atomic mass is 16.5. The molecule has 0 saturated carbocycles. The number of carbonyl (C=O) groups excluding carboxylic acids is 1. The average molecular weight is 257 g/mol. The van der Waals surface area contributed by atoms with E-state index in [4.69, 9.17) is 10.5 Å². The SMILES string of the molecule is COc1cccc(-c2cccc(C(=O)NCN)n2)c1. The van der Waals surface area contributed by atoms with Crippen LogP contribution in [0.3, 0.4) is 0 Å². The minimum Gasteiger partial charge on any atom is -0.497 e. The van der Waals surface area contributed by atoms with E-state index in [1.165, 1.54) is 0 Å². The maximum atomic E-state index is 11.7. The molecular weight excluding hydrogens is 242 g/mol. The van der Waals surface area contributed by atoms with Gasteiger partial charge in [0.15, 0.2) is 0 Å². The molecule has 5 heteroatoms. The van der Waals surface area contributed by atoms with E-state index in [9.17, 15) is 4.79 Å². The lowest BCUT2D eigenvalue weighted by Gasteiger charge is -2.06. The highest BCUT2D eigenvalue weighted by molar-refractivity contribution is 5.92. The molecule has 0 aliphatic rings. The van der Waals surface area contributed by atoms with E-state index in [0.29, 0.717) is 11.4 Å². The van der Waals surface area contributed by atoms with Crippen molar-refractivity contribution in [1.82, 2.24) is 10.3 Å². The standard InChI is InChI=1S/C14H15N3O2/c1-19-11-5-2-4-10(8-11)12-6-3-7-13(17-12)14(18)16-9-15/h2-8H,9,15H2,1H3,(H,16,18). The van der Waals surface area contributed by atoms with Crippen LogP contribution in [-0.2, 0) is 0 Å². The van der Waals surface area contributed by atoms with Gasteiger partial charge in [-0.2, -0.15) is 0 Å². The lowest BCUT2D eigenvalue weighted by atomic mass is 10.1. The number of rotatable bonds is 4. The Morgan fingerprint density at radius 1 is 1.32 bits per heavy atom. The predicted molar refractivity (Wildman–Crippen MR) is 72.7 cm³/mol. The van der Waals surface area contributed by atoms with Gasteiger partial charge < -0.3 is 15.8 Å². The summed E-state index contributed by atoms with van der Waals surface area (Å²) >= 11 is 0. The van der Waals surface area contributed by atoms with Crippen molar-refractivity contribution in [1.29, 1.82) is 0 Å². The first-order valence-corrected chi connectivity index (χ1v) is 5.84. The Morgan fingerprint density at radius 3 is 2.84 bits per heavy atom. The van der Waals surface area contributed by atoms with Crippen LogP contribution in [0.2, 0.25) is 0 Å². The monoisotopic (exact) mass is 257 g/mol. The van der Waals surface area contributed by atoms with Crippen molar-refractivity contribution >= 4 is 5.91 Å². The van der Waals surface area contributed by atoms with Crippen molar-refractivity contribution < 1.29 is 9.53 Å². The Labute approximate surface area is 111 Å². The van der Waals surface area contributed by atoms with Crippen LogP contribution in [0.15, 0.2) is 42.5 Å². The Balaban J connectivity index is 2.34. The number of benzene rings is 1. The summed E-state index contributed by atoms with van der Waals surface area (Å²) in [5.74, 6) is 0.461. The van der Waals surface area contributed by atoms with Crippen LogP contribution in [0.25, 0.3) is 11.3 Å². The molecule has 0 spiro atoms. The zero-order valence-corrected chi connectivity index (χ0v) is 10.6. The van der Waals surface area contributed by atoms with Gasteiger partial charge >= 0.3 is 0 Å². The second-order valence-corrected chi connectivity index (χ2v) is 3.85. The van der Waals surface area contributed by atoms with Crippen molar-refractivity contribution in [3.8, 4) is 17.0 Å². The fourth-order valence-corrected chi connectivity index (χ4v) is 1.69. The fourth-order valence-electron chi connectivity index (χ4n) is 1.69. The molecular formula is C14H15N3O2. The van der Waals surface area contributed by atoms with Crippen LogP contribution in [0.4, 0.5) is 0 Å². The lowest BCUT2D eigenvalue weighted by molar-refractivity contribution is 0.0950. The normalized spacial score (nSPS) is 10.0. The molecule has 0 unspecified atom stereocenters. The number of hydrogen-bond acceptors (Lipinski definition) is 4. The second kappa shape index (κ2) is 5.97. The first kappa shape index (κ1) is 13.0. The number of nitrogens with zero attached hydrogens (tertiary/aromatic N) is 1. The molecule has 3 N–H and O–H groups in total. The maximum Gasteiger partial charge on any atom is 0.270 e. The zero-order valence-electron chi connectivity index (χ0n) is 10.6. The van der Waals surface area contributed by atoms with Gasteiger partial charge in [0.25, 0.3) is 5.91 Å². The Hall–Kier alpha value is -2.40. The average Bonchev–Trinajstić information content (AvgIpc) is 2.48. The molecule has 19 heavy (non-hydrogen) atoms. The predicted octanol–water partition coefficient (Wildman–Crippen LogP) is 1.40. The molecule has 1 amide bonds. The molecule has 0 saturated heterocycles. The van der Waals surface area contributed by atoms with Crippen LogP contribution in [0, 0.1) is 0 Å². The van der Waals surface area contributed by atoms with Gasteiger partial charge in [-0.05, 0) is 24.3 Å². The molecule has 0 aliphatic carbocycles. The van der Waals surface area contributed by atoms with Gasteiger partial charge in [0.1, 0.15) is 11.4 Å². The van der Waals surface area contributed by atoms with Crippen LogP contribution < -0.4 is 15.8 Å². The maximum absolute atomic E-state index is 11.7. The van der Waals surface area contributed by atoms with Crippen molar-refractivity contribution in [3.05, 3.63) is 48.2 Å². The van der Waals surface area contributed by atoms with E-state index in [1.807, 2.05) is 30.3 Å².